The molecule has 12 nitrogen and oxygen atoms in total. The maximum Gasteiger partial charge on any atom is 0.187 e. The fourth-order valence-corrected chi connectivity index (χ4v) is 3.66. The Bertz CT molecular complexity index is 535. The summed E-state index contributed by atoms with van der Waals surface area (Å²) in [6, 6.07) is 0. The SMILES string of the molecule is CC(C)CCC(O)CCO[C@@H]1O[C@H](CO)[C@@H](O)[C@H](O)[C@H]1O[C@@H]1O[C@H](CO)[C@@H](O)[C@H](O)[C@H]1O. The van der Waals surface area contributed by atoms with Crippen LogP contribution in [0.25, 0.3) is 0 Å². The molecule has 2 aliphatic rings. The summed E-state index contributed by atoms with van der Waals surface area (Å²) in [5.41, 5.74) is 0. The van der Waals surface area contributed by atoms with Crippen LogP contribution in [0.4, 0.5) is 0 Å². The van der Waals surface area contributed by atoms with E-state index in [9.17, 15) is 40.9 Å². The van der Waals surface area contributed by atoms with Gasteiger partial charge in [0, 0.05) is 0 Å². The number of hydrogen-bond donors (Lipinski definition) is 8. The Morgan fingerprint density at radius 1 is 0.719 bits per heavy atom. The van der Waals surface area contributed by atoms with Crippen molar-refractivity contribution < 1.29 is 59.8 Å². The average Bonchev–Trinajstić information content (AvgIpc) is 2.76. The predicted octanol–water partition coefficient (Wildman–Crippen LogP) is -3.19. The van der Waals surface area contributed by atoms with E-state index in [2.05, 4.69) is 0 Å². The molecule has 0 saturated carbocycles. The maximum atomic E-state index is 10.5. The topological polar surface area (TPSA) is 199 Å². The monoisotopic (exact) mass is 470 g/mol. The summed E-state index contributed by atoms with van der Waals surface area (Å²) in [5.74, 6) is 0.436. The molecule has 2 rings (SSSR count). The zero-order valence-electron chi connectivity index (χ0n) is 18.4. The number of aliphatic hydroxyl groups is 8. The molecule has 32 heavy (non-hydrogen) atoms. The number of ether oxygens (including phenoxy) is 4. The zero-order valence-corrected chi connectivity index (χ0v) is 18.4. The average molecular weight is 471 g/mol. The molecule has 0 aromatic rings. The lowest BCUT2D eigenvalue weighted by molar-refractivity contribution is -0.367. The highest BCUT2D eigenvalue weighted by molar-refractivity contribution is 4.93. The van der Waals surface area contributed by atoms with Gasteiger partial charge in [-0.3, -0.25) is 0 Å². The van der Waals surface area contributed by atoms with Gasteiger partial charge in [-0.25, -0.2) is 0 Å². The Morgan fingerprint density at radius 2 is 1.28 bits per heavy atom. The third-order valence-corrected chi connectivity index (χ3v) is 5.77. The first kappa shape index (κ1) is 27.8. The van der Waals surface area contributed by atoms with Crippen molar-refractivity contribution in [3.63, 3.8) is 0 Å². The van der Waals surface area contributed by atoms with Gasteiger partial charge in [-0.15, -0.1) is 0 Å². The standard InChI is InChI=1S/C20H38O12/c1-9(2)3-4-10(23)5-6-29-20-18(16(27)14(25)12(8-22)31-20)32-19-17(28)15(26)13(24)11(7-21)30-19/h9-28H,3-8H2,1-2H3/t10?,11-,12-,13-,14-,15+,16+,17-,18-,19+,20-/m1/s1. The third kappa shape index (κ3) is 7.01. The molecule has 2 fully saturated rings. The van der Waals surface area contributed by atoms with Crippen LogP contribution in [-0.4, -0.2) is 128 Å². The van der Waals surface area contributed by atoms with Crippen LogP contribution in [-0.2, 0) is 18.9 Å². The summed E-state index contributed by atoms with van der Waals surface area (Å²) in [6.45, 7) is 2.82. The van der Waals surface area contributed by atoms with Gasteiger partial charge >= 0.3 is 0 Å². The quantitative estimate of drug-likeness (QED) is 0.151. The molecule has 0 amide bonds. The molecular weight excluding hydrogens is 432 g/mol. The second kappa shape index (κ2) is 12.8. The van der Waals surface area contributed by atoms with Gasteiger partial charge in [-0.2, -0.15) is 0 Å². The molecule has 190 valence electrons. The van der Waals surface area contributed by atoms with E-state index >= 15 is 0 Å². The van der Waals surface area contributed by atoms with Gasteiger partial charge < -0.3 is 59.8 Å². The highest BCUT2D eigenvalue weighted by atomic mass is 16.8. The Hall–Kier alpha value is -0.480. The van der Waals surface area contributed by atoms with E-state index in [4.69, 9.17) is 18.9 Å². The van der Waals surface area contributed by atoms with Crippen LogP contribution < -0.4 is 0 Å². The molecule has 1 unspecified atom stereocenters. The molecule has 8 N–H and O–H groups in total. The minimum Gasteiger partial charge on any atom is -0.394 e. The van der Waals surface area contributed by atoms with Crippen LogP contribution in [0.5, 0.6) is 0 Å². The molecular formula is C20H38O12. The molecule has 0 spiro atoms. The third-order valence-electron chi connectivity index (χ3n) is 5.77. The molecule has 0 radical (unpaired) electrons. The number of rotatable bonds is 11. The van der Waals surface area contributed by atoms with Crippen molar-refractivity contribution in [1.82, 2.24) is 0 Å². The summed E-state index contributed by atoms with van der Waals surface area (Å²) in [6.07, 6.45) is -13.8. The normalized spacial score (nSPS) is 41.7. The first-order chi connectivity index (χ1) is 15.1. The summed E-state index contributed by atoms with van der Waals surface area (Å²) in [7, 11) is 0. The van der Waals surface area contributed by atoms with Crippen molar-refractivity contribution in [3.8, 4) is 0 Å². The molecule has 0 bridgehead atoms. The van der Waals surface area contributed by atoms with Gasteiger partial charge in [0.05, 0.1) is 25.9 Å². The lowest BCUT2D eigenvalue weighted by Crippen LogP contribution is -2.64. The molecule has 0 aromatic heterocycles. The fraction of sp³-hybridized carbons (Fsp3) is 1.00. The van der Waals surface area contributed by atoms with Crippen molar-refractivity contribution in [1.29, 1.82) is 0 Å². The van der Waals surface area contributed by atoms with Crippen LogP contribution >= 0.6 is 0 Å². The number of hydrogen-bond acceptors (Lipinski definition) is 12. The largest absolute Gasteiger partial charge is 0.394 e. The van der Waals surface area contributed by atoms with Gasteiger partial charge in [0.15, 0.2) is 12.6 Å². The van der Waals surface area contributed by atoms with Crippen LogP contribution in [0.15, 0.2) is 0 Å². The van der Waals surface area contributed by atoms with Crippen LogP contribution in [0.2, 0.25) is 0 Å². The summed E-state index contributed by atoms with van der Waals surface area (Å²) >= 11 is 0. The van der Waals surface area contributed by atoms with Crippen LogP contribution in [0, 0.1) is 5.92 Å². The van der Waals surface area contributed by atoms with E-state index in [1.807, 2.05) is 13.8 Å². The highest BCUT2D eigenvalue weighted by Gasteiger charge is 2.50. The first-order valence-electron chi connectivity index (χ1n) is 11.0. The Balaban J connectivity index is 2.05. The highest BCUT2D eigenvalue weighted by Crippen LogP contribution is 2.29. The Kier molecular flexibility index (Phi) is 11.1. The van der Waals surface area contributed by atoms with E-state index in [0.717, 1.165) is 6.42 Å². The van der Waals surface area contributed by atoms with Crippen molar-refractivity contribution >= 4 is 0 Å². The fourth-order valence-electron chi connectivity index (χ4n) is 3.66. The van der Waals surface area contributed by atoms with Crippen LogP contribution in [0.1, 0.15) is 33.1 Å². The zero-order chi connectivity index (χ0) is 24.0. The van der Waals surface area contributed by atoms with E-state index in [1.165, 1.54) is 0 Å². The first-order valence-corrected chi connectivity index (χ1v) is 11.0. The van der Waals surface area contributed by atoms with Gasteiger partial charge in [0.2, 0.25) is 0 Å². The second-order valence-corrected chi connectivity index (χ2v) is 8.79. The molecule has 2 saturated heterocycles. The minimum atomic E-state index is -1.73. The second-order valence-electron chi connectivity index (χ2n) is 8.79. The molecule has 11 atom stereocenters. The number of aliphatic hydroxyl groups excluding tert-OH is 8. The molecule has 12 heteroatoms. The smallest absolute Gasteiger partial charge is 0.187 e. The van der Waals surface area contributed by atoms with E-state index in [1.54, 1.807) is 0 Å². The van der Waals surface area contributed by atoms with Gasteiger partial charge in [-0.05, 0) is 25.2 Å². The van der Waals surface area contributed by atoms with Gasteiger partial charge in [0.25, 0.3) is 0 Å². The summed E-state index contributed by atoms with van der Waals surface area (Å²) in [5, 5.41) is 79.6. The van der Waals surface area contributed by atoms with Crippen molar-refractivity contribution in [2.24, 2.45) is 5.92 Å². The molecule has 2 aliphatic heterocycles. The lowest BCUT2D eigenvalue weighted by atomic mass is 9.97. The summed E-state index contributed by atoms with van der Waals surface area (Å²) in [4.78, 5) is 0. The lowest BCUT2D eigenvalue weighted by Gasteiger charge is -2.46. The van der Waals surface area contributed by atoms with Gasteiger partial charge in [-0.1, -0.05) is 13.8 Å². The van der Waals surface area contributed by atoms with Crippen LogP contribution in [0.3, 0.4) is 0 Å². The van der Waals surface area contributed by atoms with Crippen molar-refractivity contribution in [2.45, 2.75) is 101 Å². The maximum absolute atomic E-state index is 10.5. The van der Waals surface area contributed by atoms with E-state index < -0.39 is 80.7 Å². The molecule has 0 aliphatic carbocycles. The Morgan fingerprint density at radius 3 is 1.84 bits per heavy atom. The van der Waals surface area contributed by atoms with Crippen molar-refractivity contribution in [3.05, 3.63) is 0 Å². The Labute approximate surface area is 186 Å². The predicted molar refractivity (Wildman–Crippen MR) is 107 cm³/mol. The van der Waals surface area contributed by atoms with E-state index in [0.29, 0.717) is 12.3 Å². The minimum absolute atomic E-state index is 0.0133. The van der Waals surface area contributed by atoms with E-state index in [-0.39, 0.29) is 13.0 Å². The molecule has 0 aromatic carbocycles. The van der Waals surface area contributed by atoms with Crippen molar-refractivity contribution in [2.75, 3.05) is 19.8 Å². The summed E-state index contributed by atoms with van der Waals surface area (Å²) < 4.78 is 22.0. The van der Waals surface area contributed by atoms with Gasteiger partial charge in [0.1, 0.15) is 48.8 Å². The molecule has 2 heterocycles.